The van der Waals surface area contributed by atoms with E-state index >= 15 is 0 Å². The molecule has 3 aliphatic rings. The summed E-state index contributed by atoms with van der Waals surface area (Å²) >= 11 is 0. The topological polar surface area (TPSA) is 60.7 Å². The summed E-state index contributed by atoms with van der Waals surface area (Å²) in [5.74, 6) is 1.94. The van der Waals surface area contributed by atoms with Gasteiger partial charge in [0.25, 0.3) is 0 Å². The molecule has 0 aliphatic heterocycles. The minimum atomic E-state index is -0.648. The molecule has 0 bridgehead atoms. The molecule has 0 saturated heterocycles. The molecule has 3 fully saturated rings. The molecule has 176 valence electrons. The molecule has 31 heavy (non-hydrogen) atoms. The number of fused-ring (bicyclic) bond motifs is 1. The van der Waals surface area contributed by atoms with Crippen LogP contribution in [0.2, 0.25) is 0 Å². The van der Waals surface area contributed by atoms with E-state index in [1.807, 2.05) is 20.8 Å². The van der Waals surface area contributed by atoms with Crippen LogP contribution in [0.3, 0.4) is 0 Å². The molecule has 3 N–H and O–H groups in total. The van der Waals surface area contributed by atoms with E-state index in [1.165, 1.54) is 32.1 Å². The third kappa shape index (κ3) is 5.37. The van der Waals surface area contributed by atoms with Crippen molar-refractivity contribution in [3.8, 4) is 0 Å². The molecule has 0 spiro atoms. The quantitative estimate of drug-likeness (QED) is 0.488. The highest BCUT2D eigenvalue weighted by Crippen LogP contribution is 2.60. The van der Waals surface area contributed by atoms with Crippen molar-refractivity contribution < 1.29 is 15.3 Å². The Hall–Kier alpha value is -0.900. The van der Waals surface area contributed by atoms with Gasteiger partial charge in [-0.15, -0.1) is 0 Å². The summed E-state index contributed by atoms with van der Waals surface area (Å²) in [5, 5.41) is 30.7. The van der Waals surface area contributed by atoms with Crippen LogP contribution in [-0.4, -0.2) is 33.1 Å². The number of rotatable bonds is 6. The van der Waals surface area contributed by atoms with Crippen LogP contribution >= 0.6 is 0 Å². The fourth-order valence-corrected chi connectivity index (χ4v) is 6.91. The minimum absolute atomic E-state index is 0.149. The minimum Gasteiger partial charge on any atom is -0.392 e. The molecule has 0 aromatic carbocycles. The van der Waals surface area contributed by atoms with Gasteiger partial charge in [0.05, 0.1) is 17.8 Å². The van der Waals surface area contributed by atoms with Crippen molar-refractivity contribution in [3.63, 3.8) is 0 Å². The maximum Gasteiger partial charge on any atom is 0.0837 e. The highest BCUT2D eigenvalue weighted by Gasteiger charge is 2.50. The highest BCUT2D eigenvalue weighted by atomic mass is 16.3. The van der Waals surface area contributed by atoms with Crippen molar-refractivity contribution in [3.05, 3.63) is 35.5 Å². The zero-order valence-corrected chi connectivity index (χ0v) is 20.5. The molecule has 0 amide bonds. The third-order valence-electron chi connectivity index (χ3n) is 8.97. The SMILES string of the molecule is C=C1/C(=C/C=C2\CCCC3(C)C2CCC3[C@@H](C)CCCC(C)(C)O)C[C@@H](O)[C@@H](C)[C@@H]1O. The third-order valence-corrected chi connectivity index (χ3v) is 8.97. The van der Waals surface area contributed by atoms with E-state index in [0.29, 0.717) is 23.7 Å². The molecular weight excluding hydrogens is 384 g/mol. The van der Waals surface area contributed by atoms with Crippen molar-refractivity contribution in [2.45, 2.75) is 110 Å². The van der Waals surface area contributed by atoms with Crippen LogP contribution < -0.4 is 0 Å². The van der Waals surface area contributed by atoms with Crippen molar-refractivity contribution in [2.24, 2.45) is 29.1 Å². The molecule has 0 aromatic heterocycles. The van der Waals surface area contributed by atoms with Gasteiger partial charge in [-0.1, -0.05) is 57.9 Å². The zero-order valence-electron chi connectivity index (χ0n) is 20.5. The lowest BCUT2D eigenvalue weighted by molar-refractivity contribution is 0.0283. The van der Waals surface area contributed by atoms with E-state index in [-0.39, 0.29) is 5.92 Å². The fraction of sp³-hybridized carbons (Fsp3) is 0.786. The second-order valence-corrected chi connectivity index (χ2v) is 11.8. The first-order valence-electron chi connectivity index (χ1n) is 12.6. The van der Waals surface area contributed by atoms with Crippen LogP contribution in [0.15, 0.2) is 35.5 Å². The zero-order chi connectivity index (χ0) is 23.0. The number of aliphatic hydroxyl groups is 3. The number of allylic oxidation sites excluding steroid dienone is 3. The number of hydrogen-bond donors (Lipinski definition) is 3. The first-order valence-corrected chi connectivity index (χ1v) is 12.6. The molecule has 3 nitrogen and oxygen atoms in total. The summed E-state index contributed by atoms with van der Waals surface area (Å²) in [7, 11) is 0. The second kappa shape index (κ2) is 9.53. The van der Waals surface area contributed by atoms with Crippen LogP contribution in [0.5, 0.6) is 0 Å². The van der Waals surface area contributed by atoms with Crippen LogP contribution in [0.25, 0.3) is 0 Å². The molecule has 3 saturated carbocycles. The van der Waals surface area contributed by atoms with Gasteiger partial charge in [0.2, 0.25) is 0 Å². The average Bonchev–Trinajstić information content (AvgIpc) is 3.04. The van der Waals surface area contributed by atoms with Gasteiger partial charge in [0, 0.05) is 5.92 Å². The van der Waals surface area contributed by atoms with Gasteiger partial charge >= 0.3 is 0 Å². The molecule has 3 rings (SSSR count). The fourth-order valence-electron chi connectivity index (χ4n) is 6.91. The molecule has 0 radical (unpaired) electrons. The van der Waals surface area contributed by atoms with Gasteiger partial charge in [-0.25, -0.2) is 0 Å². The first-order chi connectivity index (χ1) is 14.4. The van der Waals surface area contributed by atoms with Gasteiger partial charge in [-0.3, -0.25) is 0 Å². The summed E-state index contributed by atoms with van der Waals surface area (Å²) in [4.78, 5) is 0. The van der Waals surface area contributed by atoms with E-state index in [2.05, 4.69) is 32.6 Å². The number of hydrogen-bond acceptors (Lipinski definition) is 3. The molecular formula is C28H46O3. The van der Waals surface area contributed by atoms with Crippen molar-refractivity contribution in [2.75, 3.05) is 0 Å². The lowest BCUT2D eigenvalue weighted by Crippen LogP contribution is -2.36. The Balaban J connectivity index is 1.71. The summed E-state index contributed by atoms with van der Waals surface area (Å²) in [6.07, 6.45) is 13.4. The average molecular weight is 431 g/mol. The van der Waals surface area contributed by atoms with E-state index in [0.717, 1.165) is 36.3 Å². The Labute approximate surface area is 190 Å². The Kier molecular flexibility index (Phi) is 7.61. The second-order valence-electron chi connectivity index (χ2n) is 11.8. The van der Waals surface area contributed by atoms with Crippen LogP contribution in [0.1, 0.15) is 92.4 Å². The lowest BCUT2D eigenvalue weighted by atomic mass is 9.60. The summed E-state index contributed by atoms with van der Waals surface area (Å²) in [6.45, 7) is 14.8. The van der Waals surface area contributed by atoms with Crippen molar-refractivity contribution >= 4 is 0 Å². The smallest absolute Gasteiger partial charge is 0.0837 e. The first kappa shape index (κ1) is 24.7. The van der Waals surface area contributed by atoms with E-state index < -0.39 is 17.8 Å². The molecule has 0 heterocycles. The van der Waals surface area contributed by atoms with E-state index in [1.54, 1.807) is 5.57 Å². The van der Waals surface area contributed by atoms with E-state index in [9.17, 15) is 15.3 Å². The van der Waals surface area contributed by atoms with Crippen molar-refractivity contribution in [1.82, 2.24) is 0 Å². The van der Waals surface area contributed by atoms with Gasteiger partial charge in [0.15, 0.2) is 0 Å². The Bertz CT molecular complexity index is 712. The maximum atomic E-state index is 10.4. The summed E-state index contributed by atoms with van der Waals surface area (Å²) in [5.41, 5.74) is 3.15. The standard InChI is InChI=1S/C28H46O3/c1-18(9-7-15-27(4,5)31)23-13-14-24-21(10-8-16-28(23,24)6)11-12-22-17-25(29)20(3)26(30)19(22)2/h11-12,18,20,23-26,29-31H,2,7-10,13-17H2,1,3-6H3/b21-11+,22-12+/t18-,20+,23?,24?,25+,26+,28?/m0/s1. The van der Waals surface area contributed by atoms with Crippen molar-refractivity contribution in [1.29, 1.82) is 0 Å². The van der Waals surface area contributed by atoms with Crippen LogP contribution in [0, 0.1) is 29.1 Å². The lowest BCUT2D eigenvalue weighted by Gasteiger charge is -2.44. The molecule has 3 unspecified atom stereocenters. The Morgan fingerprint density at radius 2 is 1.94 bits per heavy atom. The molecule has 0 aromatic rings. The monoisotopic (exact) mass is 430 g/mol. The maximum absolute atomic E-state index is 10.4. The Morgan fingerprint density at radius 1 is 1.23 bits per heavy atom. The highest BCUT2D eigenvalue weighted by molar-refractivity contribution is 5.39. The predicted octanol–water partition coefficient (Wildman–Crippen LogP) is 5.95. The van der Waals surface area contributed by atoms with Gasteiger partial charge in [-0.2, -0.15) is 0 Å². The predicted molar refractivity (Wildman–Crippen MR) is 129 cm³/mol. The van der Waals surface area contributed by atoms with Crippen LogP contribution in [-0.2, 0) is 0 Å². The van der Waals surface area contributed by atoms with E-state index in [4.69, 9.17) is 0 Å². The van der Waals surface area contributed by atoms with Crippen LogP contribution in [0.4, 0.5) is 0 Å². The summed E-state index contributed by atoms with van der Waals surface area (Å²) in [6, 6.07) is 0. The summed E-state index contributed by atoms with van der Waals surface area (Å²) < 4.78 is 0. The van der Waals surface area contributed by atoms with Gasteiger partial charge in [0.1, 0.15) is 0 Å². The molecule has 3 aliphatic carbocycles. The largest absolute Gasteiger partial charge is 0.392 e. The molecule has 7 atom stereocenters. The Morgan fingerprint density at radius 3 is 2.61 bits per heavy atom. The van der Waals surface area contributed by atoms with Gasteiger partial charge < -0.3 is 15.3 Å². The number of aliphatic hydroxyl groups excluding tert-OH is 2. The van der Waals surface area contributed by atoms with Gasteiger partial charge in [-0.05, 0) is 93.1 Å². The molecule has 3 heteroatoms. The normalized spacial score (nSPS) is 40.4.